The minimum Gasteiger partial charge on any atom is -0.284 e. The van der Waals surface area contributed by atoms with Crippen LogP contribution in [-0.4, -0.2) is 26.4 Å². The van der Waals surface area contributed by atoms with Crippen molar-refractivity contribution in [1.29, 1.82) is 0 Å². The highest BCUT2D eigenvalue weighted by atomic mass is 31.3. The van der Waals surface area contributed by atoms with E-state index in [1.165, 1.54) is 0 Å². The second kappa shape index (κ2) is 3.44. The Morgan fingerprint density at radius 1 is 0.769 bits per heavy atom. The molecular formula is C4H8O7P2. The van der Waals surface area contributed by atoms with Gasteiger partial charge in [-0.25, -0.2) is 9.13 Å². The topological polar surface area (TPSA) is 80.3 Å². The third kappa shape index (κ3) is 2.19. The maximum atomic E-state index is 11.4. The molecule has 2 aliphatic heterocycles. The predicted octanol–water partition coefficient (Wildman–Crippen LogP) is 1.31. The van der Waals surface area contributed by atoms with E-state index in [1.807, 2.05) is 0 Å². The molecule has 2 heterocycles. The van der Waals surface area contributed by atoms with E-state index in [9.17, 15) is 9.13 Å². The molecule has 0 spiro atoms. The summed E-state index contributed by atoms with van der Waals surface area (Å²) in [4.78, 5) is 0. The van der Waals surface area contributed by atoms with Crippen LogP contribution in [0.25, 0.3) is 0 Å². The second-order valence-corrected chi connectivity index (χ2v) is 5.78. The van der Waals surface area contributed by atoms with Crippen LogP contribution in [0.15, 0.2) is 0 Å². The minimum absolute atomic E-state index is 0.150. The first-order valence-corrected chi connectivity index (χ1v) is 6.54. The maximum absolute atomic E-state index is 11.4. The highest BCUT2D eigenvalue weighted by Crippen LogP contribution is 2.68. The fourth-order valence-corrected chi connectivity index (χ4v) is 3.96. The van der Waals surface area contributed by atoms with Gasteiger partial charge in [0, 0.05) is 0 Å². The van der Waals surface area contributed by atoms with E-state index in [0.29, 0.717) is 0 Å². The van der Waals surface area contributed by atoms with Crippen molar-refractivity contribution in [1.82, 2.24) is 0 Å². The third-order valence-electron chi connectivity index (χ3n) is 1.36. The van der Waals surface area contributed by atoms with Gasteiger partial charge in [0.05, 0.1) is 26.4 Å². The van der Waals surface area contributed by atoms with E-state index in [1.54, 1.807) is 0 Å². The summed E-state index contributed by atoms with van der Waals surface area (Å²) in [6.45, 7) is 0.600. The molecule has 0 aromatic heterocycles. The molecule has 7 nitrogen and oxygen atoms in total. The second-order valence-electron chi connectivity index (χ2n) is 2.31. The number of hydrogen-bond donors (Lipinski definition) is 0. The summed E-state index contributed by atoms with van der Waals surface area (Å²) in [6, 6.07) is 0. The Hall–Kier alpha value is 0.260. The van der Waals surface area contributed by atoms with Gasteiger partial charge in [0.2, 0.25) is 0 Å². The van der Waals surface area contributed by atoms with E-state index in [-0.39, 0.29) is 26.4 Å². The van der Waals surface area contributed by atoms with Gasteiger partial charge in [-0.1, -0.05) is 0 Å². The molecule has 0 radical (unpaired) electrons. The Morgan fingerprint density at radius 3 is 1.38 bits per heavy atom. The quantitative estimate of drug-likeness (QED) is 0.661. The first-order valence-electron chi connectivity index (χ1n) is 3.62. The van der Waals surface area contributed by atoms with Gasteiger partial charge in [0.15, 0.2) is 0 Å². The molecule has 0 aromatic carbocycles. The van der Waals surface area contributed by atoms with Gasteiger partial charge in [-0.15, -0.1) is 0 Å². The van der Waals surface area contributed by atoms with Gasteiger partial charge in [0.1, 0.15) is 0 Å². The molecule has 0 unspecified atom stereocenters. The zero-order valence-corrected chi connectivity index (χ0v) is 8.37. The fraction of sp³-hybridized carbons (Fsp3) is 1.00. The van der Waals surface area contributed by atoms with Gasteiger partial charge in [-0.3, -0.25) is 18.1 Å². The number of rotatable bonds is 2. The SMILES string of the molecule is O=P1(OP2(=O)OCCO2)OCCO1. The van der Waals surface area contributed by atoms with E-state index in [2.05, 4.69) is 22.4 Å². The monoisotopic (exact) mass is 230 g/mol. The lowest BCUT2D eigenvalue weighted by Crippen LogP contribution is -1.89. The summed E-state index contributed by atoms with van der Waals surface area (Å²) < 4.78 is 45.9. The Morgan fingerprint density at radius 2 is 1.08 bits per heavy atom. The zero-order chi connectivity index (χ0) is 9.36. The molecule has 0 aromatic rings. The van der Waals surface area contributed by atoms with Crippen LogP contribution in [0, 0.1) is 0 Å². The molecule has 0 saturated carbocycles. The Kier molecular flexibility index (Phi) is 2.59. The van der Waals surface area contributed by atoms with Gasteiger partial charge >= 0.3 is 15.6 Å². The smallest absolute Gasteiger partial charge is 0.284 e. The molecule has 2 saturated heterocycles. The predicted molar refractivity (Wildman–Crippen MR) is 40.1 cm³/mol. The standard InChI is InChI=1S/C4H8O7P2/c5-12(7-1-2-8-12)11-13(6)9-3-4-10-13/h1-4H2. The molecule has 13 heavy (non-hydrogen) atoms. The number of hydrogen-bond acceptors (Lipinski definition) is 7. The first kappa shape index (κ1) is 9.80. The molecular weight excluding hydrogens is 222 g/mol. The van der Waals surface area contributed by atoms with Crippen molar-refractivity contribution in [2.24, 2.45) is 0 Å². The van der Waals surface area contributed by atoms with E-state index < -0.39 is 15.6 Å². The Labute approximate surface area is 74.5 Å². The summed E-state index contributed by atoms with van der Waals surface area (Å²) in [5.74, 6) is 0. The highest BCUT2D eigenvalue weighted by molar-refractivity contribution is 7.62. The summed E-state index contributed by atoms with van der Waals surface area (Å²) in [7, 11) is -7.40. The third-order valence-corrected chi connectivity index (χ3v) is 4.96. The summed E-state index contributed by atoms with van der Waals surface area (Å²) in [5.41, 5.74) is 0. The van der Waals surface area contributed by atoms with Gasteiger partial charge in [0.25, 0.3) is 0 Å². The van der Waals surface area contributed by atoms with Crippen LogP contribution in [-0.2, 0) is 31.5 Å². The lowest BCUT2D eigenvalue weighted by Gasteiger charge is -2.12. The molecule has 0 atom stereocenters. The normalized spacial score (nSPS) is 30.8. The van der Waals surface area contributed by atoms with Crippen molar-refractivity contribution >= 4 is 15.6 Å². The zero-order valence-electron chi connectivity index (χ0n) is 6.58. The average molecular weight is 230 g/mol. The van der Waals surface area contributed by atoms with Gasteiger partial charge < -0.3 is 0 Å². The lowest BCUT2D eigenvalue weighted by molar-refractivity contribution is 0.213. The molecule has 0 amide bonds. The number of phosphoric acid groups is 2. The highest BCUT2D eigenvalue weighted by Gasteiger charge is 2.45. The van der Waals surface area contributed by atoms with Crippen molar-refractivity contribution in [2.75, 3.05) is 26.4 Å². The Balaban J connectivity index is 2.04. The van der Waals surface area contributed by atoms with Crippen molar-refractivity contribution in [3.8, 4) is 0 Å². The van der Waals surface area contributed by atoms with Crippen LogP contribution in [0.4, 0.5) is 0 Å². The molecule has 9 heteroatoms. The van der Waals surface area contributed by atoms with Crippen molar-refractivity contribution in [3.05, 3.63) is 0 Å². The lowest BCUT2D eigenvalue weighted by atomic mass is 10.8. The van der Waals surface area contributed by atoms with Gasteiger partial charge in [-0.05, 0) is 0 Å². The van der Waals surface area contributed by atoms with E-state index in [4.69, 9.17) is 0 Å². The van der Waals surface area contributed by atoms with E-state index >= 15 is 0 Å². The van der Waals surface area contributed by atoms with Crippen molar-refractivity contribution < 1.29 is 31.5 Å². The molecule has 76 valence electrons. The summed E-state index contributed by atoms with van der Waals surface area (Å²) in [6.07, 6.45) is 0. The van der Waals surface area contributed by atoms with Crippen LogP contribution in [0.1, 0.15) is 0 Å². The molecule has 2 aliphatic rings. The molecule has 2 fully saturated rings. The minimum atomic E-state index is -3.70. The van der Waals surface area contributed by atoms with E-state index in [0.717, 1.165) is 0 Å². The van der Waals surface area contributed by atoms with Crippen LogP contribution < -0.4 is 0 Å². The van der Waals surface area contributed by atoms with Crippen LogP contribution in [0.3, 0.4) is 0 Å². The fourth-order valence-electron chi connectivity index (χ4n) is 0.888. The molecule has 2 rings (SSSR count). The summed E-state index contributed by atoms with van der Waals surface area (Å²) >= 11 is 0. The van der Waals surface area contributed by atoms with Gasteiger partial charge in [-0.2, -0.15) is 4.31 Å². The number of phosphoric ester groups is 2. The Bertz CT molecular complexity index is 240. The molecule has 0 N–H and O–H groups in total. The molecule has 0 bridgehead atoms. The van der Waals surface area contributed by atoms with Crippen molar-refractivity contribution in [2.45, 2.75) is 0 Å². The molecule has 0 aliphatic carbocycles. The average Bonchev–Trinajstić information content (AvgIpc) is 2.60. The largest absolute Gasteiger partial charge is 0.483 e. The van der Waals surface area contributed by atoms with Crippen LogP contribution in [0.5, 0.6) is 0 Å². The summed E-state index contributed by atoms with van der Waals surface area (Å²) in [5, 5.41) is 0. The van der Waals surface area contributed by atoms with Crippen LogP contribution >= 0.6 is 15.6 Å². The van der Waals surface area contributed by atoms with Crippen molar-refractivity contribution in [3.63, 3.8) is 0 Å². The van der Waals surface area contributed by atoms with Crippen LogP contribution in [0.2, 0.25) is 0 Å². The maximum Gasteiger partial charge on any atom is 0.483 e. The first-order chi connectivity index (χ1) is 6.12.